The van der Waals surface area contributed by atoms with E-state index in [0.29, 0.717) is 13.1 Å². The number of rotatable bonds is 6. The van der Waals surface area contributed by atoms with Gasteiger partial charge in [0, 0.05) is 13.1 Å². The summed E-state index contributed by atoms with van der Waals surface area (Å²) in [5, 5.41) is 1.49. The van der Waals surface area contributed by atoms with Crippen molar-refractivity contribution in [1.29, 1.82) is 0 Å². The van der Waals surface area contributed by atoms with Crippen molar-refractivity contribution >= 4 is 18.5 Å². The minimum absolute atomic E-state index is 0.611. The second-order valence-corrected chi connectivity index (χ2v) is 5.02. The van der Waals surface area contributed by atoms with Gasteiger partial charge in [-0.1, -0.05) is 20.3 Å². The van der Waals surface area contributed by atoms with Crippen molar-refractivity contribution in [2.45, 2.75) is 26.7 Å². The predicted molar refractivity (Wildman–Crippen MR) is 52.0 cm³/mol. The van der Waals surface area contributed by atoms with Crippen LogP contribution in [0.15, 0.2) is 0 Å². The first-order chi connectivity index (χ1) is 5.49. The number of nitrogens with zero attached hydrogens (tertiary/aromatic N) is 1. The molecule has 0 unspecified atom stereocenters. The highest BCUT2D eigenvalue weighted by Crippen LogP contribution is 2.37. The van der Waals surface area contributed by atoms with Crippen LogP contribution in [0.2, 0.25) is 0 Å². The third-order valence-corrected chi connectivity index (χ3v) is 1.98. The molecule has 0 aliphatic rings. The summed E-state index contributed by atoms with van der Waals surface area (Å²) in [6.45, 7) is 1.71. The van der Waals surface area contributed by atoms with Gasteiger partial charge in [-0.2, -0.15) is 5.06 Å². The van der Waals surface area contributed by atoms with Crippen LogP contribution in [-0.2, 0) is 16.4 Å². The smallest absolute Gasteiger partial charge is 0.324 e. The average Bonchev–Trinajstić information content (AvgIpc) is 1.95. The molecule has 74 valence electrons. The van der Waals surface area contributed by atoms with Crippen molar-refractivity contribution in [2.75, 3.05) is 13.1 Å². The maximum absolute atomic E-state index is 8.84. The highest BCUT2D eigenvalue weighted by molar-refractivity contribution is 8.06. The van der Waals surface area contributed by atoms with Gasteiger partial charge in [0.2, 0.25) is 0 Å². The maximum atomic E-state index is 8.84. The van der Waals surface area contributed by atoms with Gasteiger partial charge in [0.25, 0.3) is 0 Å². The monoisotopic (exact) mass is 213 g/mol. The molecule has 0 aromatic carbocycles. The van der Waals surface area contributed by atoms with Crippen LogP contribution in [0, 0.1) is 0 Å². The topological polar surface area (TPSA) is 52.9 Å². The van der Waals surface area contributed by atoms with E-state index in [2.05, 4.69) is 18.7 Å². The molecule has 0 aliphatic carbocycles. The molecule has 0 saturated heterocycles. The quantitative estimate of drug-likeness (QED) is 0.513. The van der Waals surface area contributed by atoms with Crippen LogP contribution in [0.4, 0.5) is 0 Å². The summed E-state index contributed by atoms with van der Waals surface area (Å²) >= 11 is 4.34. The van der Waals surface area contributed by atoms with Crippen LogP contribution in [-0.4, -0.2) is 27.9 Å². The van der Waals surface area contributed by atoms with Gasteiger partial charge in [-0.3, -0.25) is 0 Å². The lowest BCUT2D eigenvalue weighted by Crippen LogP contribution is -2.23. The zero-order chi connectivity index (χ0) is 9.61. The summed E-state index contributed by atoms with van der Waals surface area (Å²) in [6.07, 6.45) is 2.00. The SMILES string of the molecule is CCCCN(CC)OP(O)(O)=S. The van der Waals surface area contributed by atoms with Crippen molar-refractivity contribution in [1.82, 2.24) is 5.06 Å². The second kappa shape index (κ2) is 6.02. The Labute approximate surface area is 78.4 Å². The molecule has 0 saturated carbocycles. The molecule has 6 heteroatoms. The molecule has 0 radical (unpaired) electrons. The number of hydrogen-bond donors (Lipinski definition) is 2. The highest BCUT2D eigenvalue weighted by Gasteiger charge is 2.13. The molecule has 0 aromatic heterocycles. The van der Waals surface area contributed by atoms with Crippen LogP contribution < -0.4 is 0 Å². The summed E-state index contributed by atoms with van der Waals surface area (Å²) in [5.74, 6) is 0. The fraction of sp³-hybridized carbons (Fsp3) is 1.00. The van der Waals surface area contributed by atoms with Gasteiger partial charge in [-0.15, -0.1) is 0 Å². The first kappa shape index (κ1) is 12.5. The highest BCUT2D eigenvalue weighted by atomic mass is 32.5. The molecular weight excluding hydrogens is 197 g/mol. The Kier molecular flexibility index (Phi) is 6.27. The Morgan fingerprint density at radius 1 is 1.42 bits per heavy atom. The Morgan fingerprint density at radius 2 is 2.00 bits per heavy atom. The molecule has 4 nitrogen and oxygen atoms in total. The Bertz CT molecular complexity index is 161. The molecular formula is C6H16NO3PS. The fourth-order valence-corrected chi connectivity index (χ4v) is 1.52. The molecule has 0 heterocycles. The summed E-state index contributed by atoms with van der Waals surface area (Å²) in [7, 11) is 0. The lowest BCUT2D eigenvalue weighted by molar-refractivity contribution is -0.0650. The van der Waals surface area contributed by atoms with E-state index in [1.165, 1.54) is 5.06 Å². The lowest BCUT2D eigenvalue weighted by Gasteiger charge is -2.21. The standard InChI is InChI=1S/C6H16NO3PS/c1-3-5-6-7(4-2)10-11(8,9)12/h3-6H2,1-2H3,(H2,8,9,12). The first-order valence-corrected chi connectivity index (χ1v) is 6.62. The molecule has 0 fully saturated rings. The summed E-state index contributed by atoms with van der Waals surface area (Å²) in [4.78, 5) is 17.7. The third kappa shape index (κ3) is 7.16. The molecule has 0 atom stereocenters. The molecule has 2 N–H and O–H groups in total. The van der Waals surface area contributed by atoms with E-state index in [-0.39, 0.29) is 0 Å². The Hall–Kier alpha value is 0.490. The molecule has 0 aromatic rings. The minimum atomic E-state index is -3.52. The van der Waals surface area contributed by atoms with E-state index >= 15 is 0 Å². The summed E-state index contributed by atoms with van der Waals surface area (Å²) < 4.78 is 4.76. The lowest BCUT2D eigenvalue weighted by atomic mass is 10.3. The zero-order valence-corrected chi connectivity index (χ0v) is 9.14. The average molecular weight is 213 g/mol. The largest absolute Gasteiger partial charge is 0.338 e. The number of hydroxylamine groups is 2. The van der Waals surface area contributed by atoms with E-state index in [1.807, 2.05) is 6.92 Å². The van der Waals surface area contributed by atoms with Crippen LogP contribution in [0.25, 0.3) is 0 Å². The normalized spacial score (nSPS) is 12.4. The van der Waals surface area contributed by atoms with Gasteiger partial charge in [0.05, 0.1) is 0 Å². The minimum Gasteiger partial charge on any atom is -0.324 e. The van der Waals surface area contributed by atoms with Crippen LogP contribution in [0.5, 0.6) is 0 Å². The molecule has 0 rings (SSSR count). The van der Waals surface area contributed by atoms with Crippen LogP contribution in [0.3, 0.4) is 0 Å². The van der Waals surface area contributed by atoms with Crippen LogP contribution >= 0.6 is 6.72 Å². The van der Waals surface area contributed by atoms with Crippen molar-refractivity contribution in [3.05, 3.63) is 0 Å². The van der Waals surface area contributed by atoms with Crippen molar-refractivity contribution in [3.63, 3.8) is 0 Å². The zero-order valence-electron chi connectivity index (χ0n) is 7.43. The van der Waals surface area contributed by atoms with E-state index < -0.39 is 6.72 Å². The number of hydrogen-bond acceptors (Lipinski definition) is 3. The Morgan fingerprint density at radius 3 is 2.33 bits per heavy atom. The van der Waals surface area contributed by atoms with Crippen LogP contribution in [0.1, 0.15) is 26.7 Å². The van der Waals surface area contributed by atoms with Gasteiger partial charge in [0.1, 0.15) is 0 Å². The molecule has 0 amide bonds. The van der Waals surface area contributed by atoms with Crippen molar-refractivity contribution < 1.29 is 14.4 Å². The van der Waals surface area contributed by atoms with E-state index in [1.54, 1.807) is 0 Å². The summed E-state index contributed by atoms with van der Waals surface area (Å²) in [5.41, 5.74) is 0. The van der Waals surface area contributed by atoms with Gasteiger partial charge in [0.15, 0.2) is 0 Å². The van der Waals surface area contributed by atoms with E-state index in [9.17, 15) is 0 Å². The molecule has 0 aliphatic heterocycles. The van der Waals surface area contributed by atoms with E-state index in [4.69, 9.17) is 14.4 Å². The second-order valence-electron chi connectivity index (χ2n) is 2.45. The molecule has 0 bridgehead atoms. The number of unbranched alkanes of at least 4 members (excludes halogenated alkanes) is 1. The predicted octanol–water partition coefficient (Wildman–Crippen LogP) is 1.25. The summed E-state index contributed by atoms with van der Waals surface area (Å²) in [6, 6.07) is 0. The van der Waals surface area contributed by atoms with Gasteiger partial charge < -0.3 is 9.79 Å². The molecule has 12 heavy (non-hydrogen) atoms. The maximum Gasteiger partial charge on any atom is 0.338 e. The fourth-order valence-electron chi connectivity index (χ4n) is 0.742. The van der Waals surface area contributed by atoms with Gasteiger partial charge in [-0.25, -0.2) is 4.62 Å². The van der Waals surface area contributed by atoms with Gasteiger partial charge in [-0.05, 0) is 18.2 Å². The van der Waals surface area contributed by atoms with E-state index in [0.717, 1.165) is 12.8 Å². The molecule has 0 spiro atoms. The van der Waals surface area contributed by atoms with Crippen molar-refractivity contribution in [3.8, 4) is 0 Å². The Balaban J connectivity index is 3.75. The third-order valence-electron chi connectivity index (χ3n) is 1.34. The van der Waals surface area contributed by atoms with Gasteiger partial charge >= 0.3 is 6.72 Å². The first-order valence-electron chi connectivity index (χ1n) is 3.99. The van der Waals surface area contributed by atoms with Crippen molar-refractivity contribution in [2.24, 2.45) is 0 Å².